The summed E-state index contributed by atoms with van der Waals surface area (Å²) in [4.78, 5) is 24.0. The lowest BCUT2D eigenvalue weighted by Gasteiger charge is -2.40. The van der Waals surface area contributed by atoms with E-state index in [1.54, 1.807) is 18.5 Å². The van der Waals surface area contributed by atoms with Gasteiger partial charge in [-0.3, -0.25) is 9.97 Å². The Balaban J connectivity index is 1.59. The van der Waals surface area contributed by atoms with E-state index in [2.05, 4.69) is 28.7 Å². The maximum Gasteiger partial charge on any atom is 0.337 e. The molecule has 1 atom stereocenters. The Morgan fingerprint density at radius 1 is 1.05 bits per heavy atom. The molecule has 1 N–H and O–H groups in total. The molecule has 0 bridgehead atoms. The molecule has 1 saturated heterocycles. The van der Waals surface area contributed by atoms with Gasteiger partial charge in [0, 0.05) is 42.7 Å². The molecular formula is C31H38ClN3O5. The van der Waals surface area contributed by atoms with Gasteiger partial charge in [-0.15, -0.1) is 0 Å². The van der Waals surface area contributed by atoms with Crippen LogP contribution in [0.3, 0.4) is 0 Å². The fourth-order valence-electron chi connectivity index (χ4n) is 4.80. The molecule has 1 aromatic carbocycles. The van der Waals surface area contributed by atoms with Crippen LogP contribution in [0.2, 0.25) is 5.02 Å². The second-order valence-corrected chi connectivity index (χ2v) is 11.2. The number of carbonyl (C=O) groups is 1. The van der Waals surface area contributed by atoms with Gasteiger partial charge in [-0.05, 0) is 55.9 Å². The molecule has 3 aromatic rings. The Bertz CT molecular complexity index is 1290. The largest absolute Gasteiger partial charge is 0.488 e. The van der Waals surface area contributed by atoms with Crippen LogP contribution in [-0.2, 0) is 9.53 Å². The first-order valence-electron chi connectivity index (χ1n) is 13.8. The predicted molar refractivity (Wildman–Crippen MR) is 156 cm³/mol. The van der Waals surface area contributed by atoms with Crippen molar-refractivity contribution in [1.82, 2.24) is 9.97 Å². The average molecular weight is 568 g/mol. The zero-order valence-corrected chi connectivity index (χ0v) is 24.4. The summed E-state index contributed by atoms with van der Waals surface area (Å²) in [5.41, 5.74) is 3.77. The predicted octanol–water partition coefficient (Wildman–Crippen LogP) is 6.74. The first-order valence-corrected chi connectivity index (χ1v) is 14.1. The second kappa shape index (κ2) is 13.3. The smallest absolute Gasteiger partial charge is 0.337 e. The summed E-state index contributed by atoms with van der Waals surface area (Å²) in [7, 11) is 0. The lowest BCUT2D eigenvalue weighted by atomic mass is 9.82. The summed E-state index contributed by atoms with van der Waals surface area (Å²) in [5, 5.41) is 10.7. The van der Waals surface area contributed by atoms with Gasteiger partial charge in [0.15, 0.2) is 6.10 Å². The summed E-state index contributed by atoms with van der Waals surface area (Å²) in [6, 6.07) is 11.0. The fourth-order valence-corrected chi connectivity index (χ4v) is 4.99. The molecule has 1 aliphatic heterocycles. The number of anilines is 1. The third kappa shape index (κ3) is 7.23. The summed E-state index contributed by atoms with van der Waals surface area (Å²) in [5.74, 6) is 0.188. The highest BCUT2D eigenvalue weighted by Gasteiger charge is 2.34. The molecule has 8 nitrogen and oxygen atoms in total. The summed E-state index contributed by atoms with van der Waals surface area (Å²) < 4.78 is 17.4. The molecule has 0 radical (unpaired) electrons. The quantitative estimate of drug-likeness (QED) is 0.240. The minimum absolute atomic E-state index is 0.233. The van der Waals surface area contributed by atoms with Crippen molar-refractivity contribution in [2.75, 3.05) is 37.8 Å². The van der Waals surface area contributed by atoms with Gasteiger partial charge in [0.1, 0.15) is 24.7 Å². The van der Waals surface area contributed by atoms with Gasteiger partial charge >= 0.3 is 5.97 Å². The Labute approximate surface area is 241 Å². The molecule has 1 fully saturated rings. The van der Waals surface area contributed by atoms with E-state index in [9.17, 15) is 9.90 Å². The van der Waals surface area contributed by atoms with Crippen molar-refractivity contribution in [1.29, 1.82) is 0 Å². The number of rotatable bonds is 12. The fraction of sp³-hybridized carbons (Fsp3) is 0.452. The number of carboxylic acid groups (broad SMARTS) is 1. The summed E-state index contributed by atoms with van der Waals surface area (Å²) in [6.45, 7) is 11.0. The molecule has 0 aliphatic carbocycles. The van der Waals surface area contributed by atoms with E-state index >= 15 is 0 Å². The number of aryl methyl sites for hydroxylation is 1. The highest BCUT2D eigenvalue weighted by atomic mass is 35.5. The van der Waals surface area contributed by atoms with Gasteiger partial charge in [-0.1, -0.05) is 44.5 Å². The molecule has 40 heavy (non-hydrogen) atoms. The van der Waals surface area contributed by atoms with Crippen LogP contribution < -0.4 is 14.4 Å². The van der Waals surface area contributed by atoms with Gasteiger partial charge in [0.25, 0.3) is 0 Å². The van der Waals surface area contributed by atoms with Crippen LogP contribution in [0.5, 0.6) is 11.5 Å². The van der Waals surface area contributed by atoms with Crippen LogP contribution in [-0.4, -0.2) is 54.0 Å². The molecule has 0 amide bonds. The third-order valence-corrected chi connectivity index (χ3v) is 7.47. The Morgan fingerprint density at radius 3 is 2.42 bits per heavy atom. The lowest BCUT2D eigenvalue weighted by Crippen LogP contribution is -2.39. The topological polar surface area (TPSA) is 94.0 Å². The monoisotopic (exact) mass is 567 g/mol. The number of aliphatic carboxylic acids is 1. The Kier molecular flexibility index (Phi) is 9.87. The van der Waals surface area contributed by atoms with E-state index in [1.807, 2.05) is 44.2 Å². The minimum atomic E-state index is -1.11. The van der Waals surface area contributed by atoms with Gasteiger partial charge < -0.3 is 24.2 Å². The second-order valence-electron chi connectivity index (χ2n) is 10.8. The van der Waals surface area contributed by atoms with E-state index < -0.39 is 12.1 Å². The van der Waals surface area contributed by atoms with Crippen LogP contribution in [0, 0.1) is 12.3 Å². The van der Waals surface area contributed by atoms with Crippen molar-refractivity contribution >= 4 is 23.3 Å². The zero-order chi connectivity index (χ0) is 28.7. The standard InChI is InChI=1S/C31H38ClN3O5/c1-5-16-40-29(30(36)37)27-21(2)33-20-23(28(27)35-14-12-31(3,4)13-15-35)25-11-10-22(19-34-25)38-17-18-39-26-9-7-6-8-24(26)32/h6-11,19-20,29H,5,12-18H2,1-4H3,(H,36,37)/t29-/m0/s1. The number of para-hydroxylation sites is 1. The number of halogens is 1. The number of carboxylic acids is 1. The van der Waals surface area contributed by atoms with Gasteiger partial charge in [-0.2, -0.15) is 0 Å². The van der Waals surface area contributed by atoms with E-state index in [4.69, 9.17) is 25.8 Å². The van der Waals surface area contributed by atoms with Crippen LogP contribution in [0.25, 0.3) is 11.3 Å². The number of piperidine rings is 1. The Morgan fingerprint density at radius 2 is 1.77 bits per heavy atom. The number of pyridine rings is 2. The van der Waals surface area contributed by atoms with Crippen LogP contribution in [0.1, 0.15) is 57.4 Å². The lowest BCUT2D eigenvalue weighted by molar-refractivity contribution is -0.150. The normalized spacial score (nSPS) is 15.5. The van der Waals surface area contributed by atoms with Crippen molar-refractivity contribution in [2.24, 2.45) is 5.41 Å². The minimum Gasteiger partial charge on any atom is -0.488 e. The van der Waals surface area contributed by atoms with Crippen molar-refractivity contribution < 1.29 is 24.1 Å². The maximum atomic E-state index is 12.4. The van der Waals surface area contributed by atoms with Gasteiger partial charge in [0.05, 0.1) is 22.6 Å². The molecule has 3 heterocycles. The molecule has 214 valence electrons. The zero-order valence-electron chi connectivity index (χ0n) is 23.7. The maximum absolute atomic E-state index is 12.4. The average Bonchev–Trinajstić information content (AvgIpc) is 2.93. The number of nitrogens with zero attached hydrogens (tertiary/aromatic N) is 3. The number of ether oxygens (including phenoxy) is 3. The van der Waals surface area contributed by atoms with E-state index in [-0.39, 0.29) is 5.41 Å². The Hall–Kier alpha value is -3.36. The summed E-state index contributed by atoms with van der Waals surface area (Å²) in [6.07, 6.45) is 5.05. The van der Waals surface area contributed by atoms with Gasteiger partial charge in [0.2, 0.25) is 0 Å². The molecule has 0 spiro atoms. The number of hydrogen-bond donors (Lipinski definition) is 1. The molecular weight excluding hydrogens is 530 g/mol. The van der Waals surface area contributed by atoms with Crippen LogP contribution >= 0.6 is 11.6 Å². The SMILES string of the molecule is CCCO[C@H](C(=O)O)c1c(C)ncc(-c2ccc(OCCOc3ccccc3Cl)cn2)c1N1CCC(C)(C)CC1. The van der Waals surface area contributed by atoms with Gasteiger partial charge in [-0.25, -0.2) is 4.79 Å². The highest BCUT2D eigenvalue weighted by molar-refractivity contribution is 6.32. The molecule has 2 aromatic heterocycles. The van der Waals surface area contributed by atoms with Crippen molar-refractivity contribution in [2.45, 2.75) is 53.1 Å². The number of hydrogen-bond acceptors (Lipinski definition) is 7. The van der Waals surface area contributed by atoms with E-state index in [0.29, 0.717) is 53.3 Å². The molecule has 9 heteroatoms. The molecule has 1 aliphatic rings. The van der Waals surface area contributed by atoms with Crippen molar-refractivity contribution in [3.63, 3.8) is 0 Å². The van der Waals surface area contributed by atoms with Crippen molar-refractivity contribution in [3.8, 4) is 22.8 Å². The summed E-state index contributed by atoms with van der Waals surface area (Å²) >= 11 is 6.14. The molecule has 0 saturated carbocycles. The first kappa shape index (κ1) is 29.6. The number of aromatic nitrogens is 2. The van der Waals surface area contributed by atoms with E-state index in [0.717, 1.165) is 43.6 Å². The van der Waals surface area contributed by atoms with Crippen LogP contribution in [0.15, 0.2) is 48.8 Å². The van der Waals surface area contributed by atoms with Crippen LogP contribution in [0.4, 0.5) is 5.69 Å². The van der Waals surface area contributed by atoms with E-state index in [1.165, 1.54) is 0 Å². The van der Waals surface area contributed by atoms with Crippen molar-refractivity contribution in [3.05, 3.63) is 65.1 Å². The highest BCUT2D eigenvalue weighted by Crippen LogP contribution is 2.42. The molecule has 0 unspecified atom stereocenters. The number of benzene rings is 1. The third-order valence-electron chi connectivity index (χ3n) is 7.15. The molecule has 4 rings (SSSR count). The first-order chi connectivity index (χ1) is 19.2.